The van der Waals surface area contributed by atoms with Crippen molar-refractivity contribution in [1.29, 1.82) is 0 Å². The summed E-state index contributed by atoms with van der Waals surface area (Å²) in [5.41, 5.74) is 0. The normalized spacial score (nSPS) is 6.44. The van der Waals surface area contributed by atoms with E-state index in [4.69, 9.17) is 17.5 Å². The summed E-state index contributed by atoms with van der Waals surface area (Å²) in [4.78, 5) is 0. The van der Waals surface area contributed by atoms with E-state index in [1.165, 1.54) is 0 Å². The Morgan fingerprint density at radius 3 is 1.22 bits per heavy atom. The molecule has 4 N–H and O–H groups in total. The maximum atomic E-state index is 8.74. The van der Waals surface area contributed by atoms with Crippen LogP contribution in [0.1, 0.15) is 4.28 Å². The average molecular weight is 213 g/mol. The van der Waals surface area contributed by atoms with Gasteiger partial charge in [0.25, 0.3) is 0 Å². The number of hydrogen-bond acceptors (Lipinski definition) is 2. The molecule has 9 heteroatoms. The van der Waals surface area contributed by atoms with E-state index in [0.717, 1.165) is 0 Å². The van der Waals surface area contributed by atoms with Crippen LogP contribution < -0.4 is 51.4 Å². The number of hydrogen-bond donors (Lipinski definition) is 2. The first-order chi connectivity index (χ1) is 2.00. The van der Waals surface area contributed by atoms with E-state index in [9.17, 15) is 0 Å². The van der Waals surface area contributed by atoms with Gasteiger partial charge >= 0.3 is 84.8 Å². The van der Waals surface area contributed by atoms with Crippen molar-refractivity contribution in [3.8, 4) is 0 Å². The molecule has 0 aliphatic rings. The fourth-order valence-corrected chi connectivity index (χ4v) is 0. The predicted octanol–water partition coefficient (Wildman–Crippen LogP) is -5.70. The van der Waals surface area contributed by atoms with Crippen molar-refractivity contribution in [1.82, 2.24) is 0 Å². The van der Waals surface area contributed by atoms with Crippen LogP contribution in [0.5, 0.6) is 0 Å². The van der Waals surface area contributed by atoms with Crippen LogP contribution in [0.2, 0.25) is 0 Å². The largest absolute Gasteiger partial charge is 2.00 e. The van der Waals surface area contributed by atoms with Crippen LogP contribution in [0, 0.1) is 0 Å². The standard InChI is InChI=1S/Al.K.Mg.H2O4S.H2O.6H/c;;;1-5(2,3)4;;;;;;;/h;;;(H2,1,2,3,4);1H2;;;;;;/q;+1;+2;;;;;;3*-1. The third-order valence-electron chi connectivity index (χ3n) is 0. The molecule has 0 aliphatic heterocycles. The summed E-state index contributed by atoms with van der Waals surface area (Å²) in [6.45, 7) is 0. The van der Waals surface area contributed by atoms with Crippen molar-refractivity contribution in [2.75, 3.05) is 0 Å². The maximum Gasteiger partial charge on any atom is 2.00 e. The minimum absolute atomic E-state index is 0. The molecule has 9 heavy (non-hydrogen) atoms. The molecule has 0 unspecified atom stereocenters. The third kappa shape index (κ3) is 108. The molecule has 0 radical (unpaired) electrons. The topological polar surface area (TPSA) is 106 Å². The Labute approximate surface area is 127 Å². The molecule has 0 amide bonds. The molecule has 0 spiro atoms. The van der Waals surface area contributed by atoms with E-state index in [1.807, 2.05) is 0 Å². The summed E-state index contributed by atoms with van der Waals surface area (Å²) in [7, 11) is -4.67. The number of rotatable bonds is 0. The zero-order valence-corrected chi connectivity index (χ0v) is 9.68. The monoisotopic (exact) mass is 212 g/mol. The minimum Gasteiger partial charge on any atom is -1.00 e. The van der Waals surface area contributed by atoms with Crippen molar-refractivity contribution < 1.29 is 78.7 Å². The molecule has 0 aromatic rings. The molecule has 0 aliphatic carbocycles. The zero-order chi connectivity index (χ0) is 4.50. The molecule has 0 heterocycles. The second kappa shape index (κ2) is 13.4. The second-order valence-corrected chi connectivity index (χ2v) is 1.34. The first kappa shape index (κ1) is 29.8. The molecule has 0 fully saturated rings. The Hall–Kier alpha value is 2.77. The summed E-state index contributed by atoms with van der Waals surface area (Å²) < 4.78 is 31.6. The Balaban J connectivity index is -0.00000000381. The van der Waals surface area contributed by atoms with Crippen molar-refractivity contribution in [2.24, 2.45) is 0 Å². The fourth-order valence-electron chi connectivity index (χ4n) is 0. The summed E-state index contributed by atoms with van der Waals surface area (Å²) >= 11 is 0. The van der Waals surface area contributed by atoms with Crippen molar-refractivity contribution in [2.45, 2.75) is 0 Å². The molecule has 0 saturated carbocycles. The Morgan fingerprint density at radius 2 is 1.22 bits per heavy atom. The third-order valence-corrected chi connectivity index (χ3v) is 0. The van der Waals surface area contributed by atoms with Gasteiger partial charge in [-0.25, -0.2) is 0 Å². The van der Waals surface area contributed by atoms with Crippen molar-refractivity contribution in [3.63, 3.8) is 0 Å². The van der Waals surface area contributed by atoms with Gasteiger partial charge in [-0.15, -0.1) is 0 Å². The molecule has 0 aromatic heterocycles. The summed E-state index contributed by atoms with van der Waals surface area (Å²) in [6, 6.07) is 0. The van der Waals surface area contributed by atoms with Crippen LogP contribution in [-0.4, -0.2) is 63.4 Å². The molecule has 5 nitrogen and oxygen atoms in total. The Morgan fingerprint density at radius 1 is 1.22 bits per heavy atom. The summed E-state index contributed by atoms with van der Waals surface area (Å²) in [5, 5.41) is 0. The summed E-state index contributed by atoms with van der Waals surface area (Å²) in [6.07, 6.45) is 0. The maximum absolute atomic E-state index is 8.74. The van der Waals surface area contributed by atoms with Gasteiger partial charge in [0.2, 0.25) is 0 Å². The van der Waals surface area contributed by atoms with Gasteiger partial charge in [0.15, 0.2) is 17.4 Å². The van der Waals surface area contributed by atoms with E-state index in [2.05, 4.69) is 0 Å². The predicted molar refractivity (Wildman–Crippen MR) is 36.8 cm³/mol. The minimum atomic E-state index is -4.67. The Bertz CT molecular complexity index is 110. The van der Waals surface area contributed by atoms with Crippen LogP contribution in [0.3, 0.4) is 0 Å². The first-order valence-corrected chi connectivity index (χ1v) is 2.10. The smallest absolute Gasteiger partial charge is 1.00 e. The van der Waals surface area contributed by atoms with Gasteiger partial charge in [-0.05, 0) is 0 Å². The van der Waals surface area contributed by atoms with Crippen molar-refractivity contribution in [3.05, 3.63) is 0 Å². The molecule has 52 valence electrons. The van der Waals surface area contributed by atoms with E-state index in [1.54, 1.807) is 0 Å². The van der Waals surface area contributed by atoms with E-state index < -0.39 is 10.4 Å². The Kier molecular flexibility index (Phi) is 44.2. The van der Waals surface area contributed by atoms with Crippen LogP contribution in [0.15, 0.2) is 0 Å². The van der Waals surface area contributed by atoms with Gasteiger partial charge < -0.3 is 9.76 Å². The van der Waals surface area contributed by atoms with Gasteiger partial charge in [-0.3, -0.25) is 9.11 Å². The molecule has 0 atom stereocenters. The van der Waals surface area contributed by atoms with Gasteiger partial charge in [0.05, 0.1) is 0 Å². The van der Waals surface area contributed by atoms with Crippen molar-refractivity contribution >= 4 is 50.8 Å². The molecule has 0 rings (SSSR count). The molecule has 0 aromatic carbocycles. The van der Waals surface area contributed by atoms with E-state index in [0.29, 0.717) is 0 Å². The molecular formula is H10AlKMgO5S. The van der Waals surface area contributed by atoms with Crippen LogP contribution in [0.4, 0.5) is 0 Å². The van der Waals surface area contributed by atoms with Crippen LogP contribution in [0.25, 0.3) is 0 Å². The van der Waals surface area contributed by atoms with Gasteiger partial charge in [0.1, 0.15) is 0 Å². The van der Waals surface area contributed by atoms with Gasteiger partial charge in [-0.1, -0.05) is 0 Å². The molecular weight excluding hydrogens is 202 g/mol. The average Bonchev–Trinajstić information content (AvgIpc) is 0.722. The van der Waals surface area contributed by atoms with Gasteiger partial charge in [0, 0.05) is 0 Å². The van der Waals surface area contributed by atoms with Gasteiger partial charge in [-0.2, -0.15) is 8.42 Å². The first-order valence-electron chi connectivity index (χ1n) is 0.698. The quantitative estimate of drug-likeness (QED) is 0.308. The molecule has 0 bridgehead atoms. The van der Waals surface area contributed by atoms with Crippen LogP contribution in [-0.2, 0) is 10.4 Å². The molecule has 0 saturated heterocycles. The fraction of sp³-hybridized carbons (Fsp3) is 0. The van der Waals surface area contributed by atoms with E-state index >= 15 is 0 Å². The van der Waals surface area contributed by atoms with Crippen LogP contribution >= 0.6 is 0 Å². The summed E-state index contributed by atoms with van der Waals surface area (Å²) in [5.74, 6) is 0. The zero-order valence-electron chi connectivity index (χ0n) is 7.33. The SMILES string of the molecule is O.O=S(=O)(O)O.[AlH3].[H-].[H-].[H-].[K+].[Mg+2]. The van der Waals surface area contributed by atoms with E-state index in [-0.39, 0.29) is 102 Å². The second-order valence-electron chi connectivity index (χ2n) is 0.448.